The summed E-state index contributed by atoms with van der Waals surface area (Å²) in [5.74, 6) is -0.151. The third kappa shape index (κ3) is 6.80. The van der Waals surface area contributed by atoms with E-state index in [1.54, 1.807) is 18.3 Å². The van der Waals surface area contributed by atoms with E-state index in [9.17, 15) is 22.8 Å². The van der Waals surface area contributed by atoms with Gasteiger partial charge in [-0.3, -0.25) is 9.78 Å². The van der Waals surface area contributed by atoms with Crippen LogP contribution in [0, 0.1) is 5.92 Å². The average molecular weight is 532 g/mol. The zero-order valence-corrected chi connectivity index (χ0v) is 20.4. The zero-order valence-electron chi connectivity index (χ0n) is 19.7. The second-order valence-electron chi connectivity index (χ2n) is 9.11. The molecule has 0 aliphatic heterocycles. The SMILES string of the molecule is O=C(O)CC1CCC(c2ccc(-c3ncccc3NC(=O)Nc3ccc(Cl)c(C(F)(F)F)c3)cc2)CC1. The number of carboxylic acids is 1. The Balaban J connectivity index is 1.43. The number of carboxylic acid groups (broad SMARTS) is 1. The van der Waals surface area contributed by atoms with Crippen molar-refractivity contribution in [1.82, 2.24) is 4.98 Å². The van der Waals surface area contributed by atoms with Crippen LogP contribution >= 0.6 is 11.6 Å². The van der Waals surface area contributed by atoms with Gasteiger partial charge in [0.2, 0.25) is 0 Å². The molecule has 2 aromatic carbocycles. The van der Waals surface area contributed by atoms with Gasteiger partial charge >= 0.3 is 18.2 Å². The highest BCUT2D eigenvalue weighted by molar-refractivity contribution is 6.31. The molecule has 0 unspecified atom stereocenters. The van der Waals surface area contributed by atoms with E-state index in [0.717, 1.165) is 43.4 Å². The van der Waals surface area contributed by atoms with Crippen LogP contribution in [0.2, 0.25) is 5.02 Å². The Morgan fingerprint density at radius 1 is 1.00 bits per heavy atom. The summed E-state index contributed by atoms with van der Waals surface area (Å²) in [6.07, 6.45) is 0.816. The lowest BCUT2D eigenvalue weighted by atomic mass is 9.77. The van der Waals surface area contributed by atoms with Gasteiger partial charge in [-0.25, -0.2) is 4.79 Å². The molecule has 0 bridgehead atoms. The summed E-state index contributed by atoms with van der Waals surface area (Å²) in [7, 11) is 0. The first-order valence-corrected chi connectivity index (χ1v) is 12.2. The largest absolute Gasteiger partial charge is 0.481 e. The Morgan fingerprint density at radius 3 is 2.35 bits per heavy atom. The first-order valence-electron chi connectivity index (χ1n) is 11.8. The van der Waals surface area contributed by atoms with Gasteiger partial charge in [-0.05, 0) is 73.4 Å². The molecule has 1 aliphatic rings. The second-order valence-corrected chi connectivity index (χ2v) is 9.52. The fraction of sp³-hybridized carbons (Fsp3) is 0.296. The molecule has 6 nitrogen and oxygen atoms in total. The fourth-order valence-corrected chi connectivity index (χ4v) is 4.93. The van der Waals surface area contributed by atoms with Crippen molar-refractivity contribution < 1.29 is 27.9 Å². The van der Waals surface area contributed by atoms with Gasteiger partial charge in [-0.2, -0.15) is 13.2 Å². The molecule has 3 aromatic rings. The van der Waals surface area contributed by atoms with Gasteiger partial charge in [-0.15, -0.1) is 0 Å². The quantitative estimate of drug-likeness (QED) is 0.302. The highest BCUT2D eigenvalue weighted by Crippen LogP contribution is 2.38. The predicted octanol–water partition coefficient (Wildman–Crippen LogP) is 7.81. The van der Waals surface area contributed by atoms with Gasteiger partial charge in [-0.1, -0.05) is 35.9 Å². The molecule has 0 atom stereocenters. The van der Waals surface area contributed by atoms with Crippen LogP contribution in [-0.4, -0.2) is 22.1 Å². The molecule has 194 valence electrons. The second kappa shape index (κ2) is 11.2. The van der Waals surface area contributed by atoms with Gasteiger partial charge in [0, 0.05) is 23.9 Å². The summed E-state index contributed by atoms with van der Waals surface area (Å²) in [5, 5.41) is 13.6. The topological polar surface area (TPSA) is 91.3 Å². The molecule has 2 amide bonds. The number of nitrogens with zero attached hydrogens (tertiary/aromatic N) is 1. The van der Waals surface area contributed by atoms with Crippen LogP contribution in [0.4, 0.5) is 29.3 Å². The zero-order chi connectivity index (χ0) is 26.6. The summed E-state index contributed by atoms with van der Waals surface area (Å²) in [4.78, 5) is 27.9. The molecule has 1 aliphatic carbocycles. The Morgan fingerprint density at radius 2 is 1.70 bits per heavy atom. The van der Waals surface area contributed by atoms with Crippen LogP contribution in [-0.2, 0) is 11.0 Å². The van der Waals surface area contributed by atoms with Crippen molar-refractivity contribution in [3.8, 4) is 11.3 Å². The number of benzene rings is 2. The van der Waals surface area contributed by atoms with Crippen molar-refractivity contribution >= 4 is 35.0 Å². The maximum Gasteiger partial charge on any atom is 0.417 e. The Bertz CT molecular complexity index is 1270. The highest BCUT2D eigenvalue weighted by Gasteiger charge is 2.33. The number of amides is 2. The molecule has 37 heavy (non-hydrogen) atoms. The molecule has 1 saturated carbocycles. The van der Waals surface area contributed by atoms with Crippen LogP contribution in [0.3, 0.4) is 0 Å². The fourth-order valence-electron chi connectivity index (χ4n) is 4.70. The van der Waals surface area contributed by atoms with Crippen molar-refractivity contribution in [2.75, 3.05) is 10.6 Å². The van der Waals surface area contributed by atoms with Crippen molar-refractivity contribution in [3.63, 3.8) is 0 Å². The minimum atomic E-state index is -4.65. The molecule has 0 spiro atoms. The number of hydrogen-bond acceptors (Lipinski definition) is 3. The van der Waals surface area contributed by atoms with E-state index in [1.165, 1.54) is 11.6 Å². The van der Waals surface area contributed by atoms with E-state index in [1.807, 2.05) is 24.3 Å². The van der Waals surface area contributed by atoms with Crippen molar-refractivity contribution in [1.29, 1.82) is 0 Å². The van der Waals surface area contributed by atoms with Crippen molar-refractivity contribution in [2.24, 2.45) is 5.92 Å². The van der Waals surface area contributed by atoms with E-state index >= 15 is 0 Å². The van der Waals surface area contributed by atoms with Crippen molar-refractivity contribution in [2.45, 2.75) is 44.2 Å². The summed E-state index contributed by atoms with van der Waals surface area (Å²) >= 11 is 5.64. The molecular formula is C27H25ClF3N3O3. The van der Waals surface area contributed by atoms with E-state index in [4.69, 9.17) is 16.7 Å². The van der Waals surface area contributed by atoms with Crippen molar-refractivity contribution in [3.05, 3.63) is 76.9 Å². The highest BCUT2D eigenvalue weighted by atomic mass is 35.5. The molecule has 1 fully saturated rings. The normalized spacial score (nSPS) is 17.7. The Labute approximate surface area is 216 Å². The van der Waals surface area contributed by atoms with Crippen LogP contribution in [0.15, 0.2) is 60.8 Å². The lowest BCUT2D eigenvalue weighted by molar-refractivity contribution is -0.138. The summed E-state index contributed by atoms with van der Waals surface area (Å²) in [6.45, 7) is 0. The molecule has 4 rings (SSSR count). The minimum absolute atomic E-state index is 0.0536. The monoisotopic (exact) mass is 531 g/mol. The molecule has 1 aromatic heterocycles. The Hall–Kier alpha value is -3.59. The number of aromatic nitrogens is 1. The number of urea groups is 1. The molecule has 3 N–H and O–H groups in total. The van der Waals surface area contributed by atoms with E-state index < -0.39 is 28.8 Å². The number of hydrogen-bond donors (Lipinski definition) is 3. The van der Waals surface area contributed by atoms with Gasteiger partial charge in [0.05, 0.1) is 22.0 Å². The standard InChI is InChI=1S/C27H25ClF3N3O3/c28-22-12-11-20(15-21(22)27(29,30)31)33-26(37)34-23-2-1-13-32-25(23)19-9-7-18(8-10-19)17-5-3-16(4-6-17)14-24(35)36/h1-2,7-13,15-17H,3-6,14H2,(H,35,36)(H2,33,34,37). The number of carbonyl (C=O) groups is 2. The number of halogens is 4. The van der Waals surface area contributed by atoms with Crippen LogP contribution in [0.1, 0.15) is 49.1 Å². The molecular weight excluding hydrogens is 507 g/mol. The number of nitrogens with one attached hydrogen (secondary N) is 2. The number of aliphatic carboxylic acids is 1. The predicted molar refractivity (Wildman–Crippen MR) is 136 cm³/mol. The van der Waals surface area contributed by atoms with Crippen LogP contribution in [0.5, 0.6) is 0 Å². The van der Waals surface area contributed by atoms with E-state index in [-0.39, 0.29) is 18.0 Å². The summed E-state index contributed by atoms with van der Waals surface area (Å²) in [5.41, 5.74) is 1.76. The molecule has 10 heteroatoms. The number of carbonyl (C=O) groups excluding carboxylic acids is 1. The number of rotatable bonds is 6. The maximum atomic E-state index is 13.1. The van der Waals surface area contributed by atoms with Gasteiger partial charge in [0.1, 0.15) is 0 Å². The van der Waals surface area contributed by atoms with Gasteiger partial charge in [0.25, 0.3) is 0 Å². The number of pyridine rings is 1. The first kappa shape index (κ1) is 26.5. The maximum absolute atomic E-state index is 13.1. The smallest absolute Gasteiger partial charge is 0.417 e. The van der Waals surface area contributed by atoms with Crippen LogP contribution < -0.4 is 10.6 Å². The van der Waals surface area contributed by atoms with Gasteiger partial charge in [0.15, 0.2) is 0 Å². The molecule has 1 heterocycles. The van der Waals surface area contributed by atoms with Crippen LogP contribution in [0.25, 0.3) is 11.3 Å². The first-order chi connectivity index (χ1) is 17.6. The molecule has 0 saturated heterocycles. The average Bonchev–Trinajstić information content (AvgIpc) is 2.85. The lowest BCUT2D eigenvalue weighted by Crippen LogP contribution is -2.20. The minimum Gasteiger partial charge on any atom is -0.481 e. The van der Waals surface area contributed by atoms with Gasteiger partial charge < -0.3 is 15.7 Å². The third-order valence-corrected chi connectivity index (χ3v) is 6.88. The Kier molecular flexibility index (Phi) is 8.02. The summed E-state index contributed by atoms with van der Waals surface area (Å²) in [6, 6.07) is 13.6. The lowest BCUT2D eigenvalue weighted by Gasteiger charge is -2.28. The third-order valence-electron chi connectivity index (χ3n) is 6.55. The van der Waals surface area contributed by atoms with E-state index in [0.29, 0.717) is 17.3 Å². The molecule has 0 radical (unpaired) electrons. The number of anilines is 2. The number of alkyl halides is 3. The van der Waals surface area contributed by atoms with E-state index in [2.05, 4.69) is 15.6 Å². The summed E-state index contributed by atoms with van der Waals surface area (Å²) < 4.78 is 39.4.